The molecule has 2 N–H and O–H groups in total. The summed E-state index contributed by atoms with van der Waals surface area (Å²) in [7, 11) is 0. The van der Waals surface area contributed by atoms with Gasteiger partial charge in [0.1, 0.15) is 5.76 Å². The lowest BCUT2D eigenvalue weighted by atomic mass is 9.91. The van der Waals surface area contributed by atoms with Crippen LogP contribution in [0.5, 0.6) is 0 Å². The van der Waals surface area contributed by atoms with Crippen molar-refractivity contribution >= 4 is 5.91 Å². The first-order valence-electron chi connectivity index (χ1n) is 9.16. The molecule has 0 saturated carbocycles. The van der Waals surface area contributed by atoms with Gasteiger partial charge in [0.2, 0.25) is 0 Å². The highest BCUT2D eigenvalue weighted by Crippen LogP contribution is 2.23. The minimum atomic E-state index is -0.00733. The topological polar surface area (TPSA) is 67.2 Å². The van der Waals surface area contributed by atoms with Gasteiger partial charge >= 0.3 is 0 Å². The molecule has 0 spiro atoms. The van der Waals surface area contributed by atoms with Gasteiger partial charge in [0, 0.05) is 24.2 Å². The number of aromatic nitrogens is 1. The maximum atomic E-state index is 12.3. The number of amides is 1. The first kappa shape index (κ1) is 17.7. The van der Waals surface area contributed by atoms with Crippen LogP contribution in [0.15, 0.2) is 28.8 Å². The monoisotopic (exact) mass is 341 g/mol. The molecule has 2 aromatic rings. The zero-order chi connectivity index (χ0) is 17.6. The van der Waals surface area contributed by atoms with Crippen molar-refractivity contribution in [1.82, 2.24) is 15.8 Å². The van der Waals surface area contributed by atoms with E-state index >= 15 is 0 Å². The van der Waals surface area contributed by atoms with E-state index in [2.05, 4.69) is 27.9 Å². The van der Waals surface area contributed by atoms with E-state index in [4.69, 9.17) is 4.52 Å². The van der Waals surface area contributed by atoms with Crippen LogP contribution < -0.4 is 10.6 Å². The number of carbonyl (C=O) groups is 1. The number of piperidine rings is 1. The molecule has 1 aromatic carbocycles. The van der Waals surface area contributed by atoms with Crippen molar-refractivity contribution in [3.8, 4) is 0 Å². The van der Waals surface area contributed by atoms with Crippen molar-refractivity contribution in [2.75, 3.05) is 19.6 Å². The molecule has 1 unspecified atom stereocenters. The predicted molar refractivity (Wildman–Crippen MR) is 97.9 cm³/mol. The average molecular weight is 341 g/mol. The Morgan fingerprint density at radius 2 is 2.12 bits per heavy atom. The summed E-state index contributed by atoms with van der Waals surface area (Å²) in [5, 5.41) is 10.4. The fraction of sp³-hybridized carbons (Fsp3) is 0.500. The maximum Gasteiger partial charge on any atom is 0.251 e. The minimum absolute atomic E-state index is 0.00733. The fourth-order valence-corrected chi connectivity index (χ4v) is 3.47. The number of nitrogens with zero attached hydrogens (tertiary/aromatic N) is 1. The Hall–Kier alpha value is -2.14. The van der Waals surface area contributed by atoms with Gasteiger partial charge in [-0.25, -0.2) is 0 Å². The first-order valence-corrected chi connectivity index (χ1v) is 9.16. The molecule has 3 rings (SSSR count). The highest BCUT2D eigenvalue weighted by Gasteiger charge is 2.15. The van der Waals surface area contributed by atoms with Gasteiger partial charge in [-0.1, -0.05) is 17.3 Å². The summed E-state index contributed by atoms with van der Waals surface area (Å²) in [6.45, 7) is 6.68. The number of hydrogen-bond acceptors (Lipinski definition) is 4. The number of aryl methyl sites for hydroxylation is 2. The summed E-state index contributed by atoms with van der Waals surface area (Å²) in [5.41, 5.74) is 4.14. The van der Waals surface area contributed by atoms with Crippen LogP contribution in [0.1, 0.15) is 58.1 Å². The molecule has 1 fully saturated rings. The van der Waals surface area contributed by atoms with Crippen LogP contribution in [0.3, 0.4) is 0 Å². The molecule has 5 nitrogen and oxygen atoms in total. The standard InChI is InChI=1S/C20H27N3O2/c1-14-19(15(2)25-23-14)6-4-12-22-20(24)17-9-7-16(8-10-17)18-5-3-11-21-13-18/h7-10,18,21H,3-6,11-13H2,1-2H3,(H,22,24). The Labute approximate surface area is 149 Å². The highest BCUT2D eigenvalue weighted by atomic mass is 16.5. The Kier molecular flexibility index (Phi) is 5.87. The molecule has 134 valence electrons. The third kappa shape index (κ3) is 4.48. The normalized spacial score (nSPS) is 17.4. The SMILES string of the molecule is Cc1noc(C)c1CCCNC(=O)c1ccc(C2CCCNC2)cc1. The molecular weight excluding hydrogens is 314 g/mol. The molecule has 1 aliphatic heterocycles. The van der Waals surface area contributed by atoms with Gasteiger partial charge in [0.05, 0.1) is 5.69 Å². The molecule has 1 aromatic heterocycles. The molecule has 0 bridgehead atoms. The van der Waals surface area contributed by atoms with Crippen molar-refractivity contribution < 1.29 is 9.32 Å². The van der Waals surface area contributed by atoms with Crippen LogP contribution >= 0.6 is 0 Å². The van der Waals surface area contributed by atoms with Crippen molar-refractivity contribution in [3.05, 3.63) is 52.4 Å². The largest absolute Gasteiger partial charge is 0.361 e. The van der Waals surface area contributed by atoms with E-state index in [1.54, 1.807) is 0 Å². The first-order chi connectivity index (χ1) is 12.1. The average Bonchev–Trinajstić information content (AvgIpc) is 2.97. The third-order valence-corrected chi connectivity index (χ3v) is 5.01. The van der Waals surface area contributed by atoms with Gasteiger partial charge in [-0.15, -0.1) is 0 Å². The number of carbonyl (C=O) groups excluding carboxylic acids is 1. The summed E-state index contributed by atoms with van der Waals surface area (Å²) >= 11 is 0. The van der Waals surface area contributed by atoms with Gasteiger partial charge in [0.25, 0.3) is 5.91 Å². The Morgan fingerprint density at radius 3 is 2.76 bits per heavy atom. The van der Waals surface area contributed by atoms with Crippen LogP contribution in [0.25, 0.3) is 0 Å². The van der Waals surface area contributed by atoms with Gasteiger partial charge in [0.15, 0.2) is 0 Å². The zero-order valence-electron chi connectivity index (χ0n) is 15.1. The van der Waals surface area contributed by atoms with Crippen molar-refractivity contribution in [2.24, 2.45) is 0 Å². The molecule has 25 heavy (non-hydrogen) atoms. The van der Waals surface area contributed by atoms with Gasteiger partial charge in [-0.2, -0.15) is 0 Å². The quantitative estimate of drug-likeness (QED) is 0.792. The summed E-state index contributed by atoms with van der Waals surface area (Å²) in [4.78, 5) is 12.3. The molecular formula is C20H27N3O2. The maximum absolute atomic E-state index is 12.3. The van der Waals surface area contributed by atoms with E-state index in [1.807, 2.05) is 26.0 Å². The summed E-state index contributed by atoms with van der Waals surface area (Å²) in [5.74, 6) is 1.43. The number of nitrogens with one attached hydrogen (secondary N) is 2. The van der Waals surface area contributed by atoms with Gasteiger partial charge < -0.3 is 15.2 Å². The Balaban J connectivity index is 1.46. The summed E-state index contributed by atoms with van der Waals surface area (Å²) in [6, 6.07) is 8.06. The smallest absolute Gasteiger partial charge is 0.251 e. The van der Waals surface area contributed by atoms with E-state index in [0.29, 0.717) is 12.5 Å². The molecule has 1 aliphatic rings. The summed E-state index contributed by atoms with van der Waals surface area (Å²) in [6.07, 6.45) is 4.19. The number of hydrogen-bond donors (Lipinski definition) is 2. The van der Waals surface area contributed by atoms with Crippen LogP contribution in [0.4, 0.5) is 0 Å². The molecule has 1 atom stereocenters. The van der Waals surface area contributed by atoms with Crippen LogP contribution in [0.2, 0.25) is 0 Å². The van der Waals surface area contributed by atoms with Crippen molar-refractivity contribution in [1.29, 1.82) is 0 Å². The second kappa shape index (κ2) is 8.30. The molecule has 0 radical (unpaired) electrons. The zero-order valence-corrected chi connectivity index (χ0v) is 15.1. The van der Waals surface area contributed by atoms with E-state index < -0.39 is 0 Å². The van der Waals surface area contributed by atoms with Crippen molar-refractivity contribution in [3.63, 3.8) is 0 Å². The van der Waals surface area contributed by atoms with E-state index in [0.717, 1.165) is 48.5 Å². The van der Waals surface area contributed by atoms with Crippen LogP contribution in [-0.2, 0) is 6.42 Å². The van der Waals surface area contributed by atoms with E-state index in [9.17, 15) is 4.79 Å². The van der Waals surface area contributed by atoms with E-state index in [1.165, 1.54) is 18.4 Å². The number of benzene rings is 1. The second-order valence-electron chi connectivity index (χ2n) is 6.83. The molecule has 2 heterocycles. The fourth-order valence-electron chi connectivity index (χ4n) is 3.47. The molecule has 0 aliphatic carbocycles. The Morgan fingerprint density at radius 1 is 1.32 bits per heavy atom. The van der Waals surface area contributed by atoms with Crippen LogP contribution in [0, 0.1) is 13.8 Å². The lowest BCUT2D eigenvalue weighted by molar-refractivity contribution is 0.0953. The second-order valence-corrected chi connectivity index (χ2v) is 6.83. The molecule has 5 heteroatoms. The Bertz CT molecular complexity index is 681. The lowest BCUT2D eigenvalue weighted by Crippen LogP contribution is -2.28. The number of rotatable bonds is 6. The van der Waals surface area contributed by atoms with Gasteiger partial charge in [-0.3, -0.25) is 4.79 Å². The molecule has 1 saturated heterocycles. The molecule has 1 amide bonds. The van der Waals surface area contributed by atoms with Gasteiger partial charge in [-0.05, 0) is 69.7 Å². The van der Waals surface area contributed by atoms with Crippen LogP contribution in [-0.4, -0.2) is 30.7 Å². The van der Waals surface area contributed by atoms with E-state index in [-0.39, 0.29) is 5.91 Å². The lowest BCUT2D eigenvalue weighted by Gasteiger charge is -2.23. The highest BCUT2D eigenvalue weighted by molar-refractivity contribution is 5.94. The predicted octanol–water partition coefficient (Wildman–Crippen LogP) is 3.12. The minimum Gasteiger partial charge on any atom is -0.361 e. The third-order valence-electron chi connectivity index (χ3n) is 5.01. The summed E-state index contributed by atoms with van der Waals surface area (Å²) < 4.78 is 5.16. The van der Waals surface area contributed by atoms with Crippen molar-refractivity contribution in [2.45, 2.75) is 45.4 Å².